The molecule has 5 nitrogen and oxygen atoms in total. The lowest BCUT2D eigenvalue weighted by molar-refractivity contribution is -0.138. The maximum absolute atomic E-state index is 12.6. The molecular formula is C19H18ClNO4. The molecule has 1 N–H and O–H groups in total. The third-order valence-corrected chi connectivity index (χ3v) is 4.54. The van der Waals surface area contributed by atoms with Crippen LogP contribution in [-0.4, -0.2) is 41.6 Å². The maximum atomic E-state index is 12.6. The Kier molecular flexibility index (Phi) is 5.36. The fourth-order valence-electron chi connectivity index (χ4n) is 2.90. The molecule has 0 aromatic heterocycles. The van der Waals surface area contributed by atoms with Crippen molar-refractivity contribution in [1.82, 2.24) is 4.90 Å². The zero-order valence-corrected chi connectivity index (χ0v) is 14.3. The number of hydrogen-bond donors (Lipinski definition) is 1. The molecule has 1 aliphatic rings. The molecule has 0 saturated carbocycles. The Morgan fingerprint density at radius 3 is 2.76 bits per heavy atom. The molecule has 1 fully saturated rings. The first-order valence-electron chi connectivity index (χ1n) is 8.00. The summed E-state index contributed by atoms with van der Waals surface area (Å²) >= 11 is 6.22. The van der Waals surface area contributed by atoms with Gasteiger partial charge in [0.05, 0.1) is 25.1 Å². The zero-order chi connectivity index (χ0) is 17.8. The maximum Gasteiger partial charge on any atom is 0.335 e. The van der Waals surface area contributed by atoms with Crippen molar-refractivity contribution < 1.29 is 19.4 Å². The standard InChI is InChI=1S/C19H18ClNO4/c20-16-7-2-1-6-15(16)17-12-21(8-9-25-17)18(22)11-13-4-3-5-14(10-13)19(23)24/h1-7,10,17H,8-9,11-12H2,(H,23,24). The van der Waals surface area contributed by atoms with Crippen LogP contribution in [0.15, 0.2) is 48.5 Å². The van der Waals surface area contributed by atoms with Gasteiger partial charge in [-0.3, -0.25) is 4.79 Å². The van der Waals surface area contributed by atoms with Crippen LogP contribution in [0.2, 0.25) is 5.02 Å². The van der Waals surface area contributed by atoms with Gasteiger partial charge in [0.1, 0.15) is 6.10 Å². The number of aromatic carboxylic acids is 1. The van der Waals surface area contributed by atoms with Crippen molar-refractivity contribution in [2.45, 2.75) is 12.5 Å². The van der Waals surface area contributed by atoms with Crippen LogP contribution in [-0.2, 0) is 16.0 Å². The average molecular weight is 360 g/mol. The molecule has 25 heavy (non-hydrogen) atoms. The van der Waals surface area contributed by atoms with Crippen LogP contribution in [0.1, 0.15) is 27.6 Å². The van der Waals surface area contributed by atoms with Gasteiger partial charge in [-0.1, -0.05) is 41.9 Å². The number of carboxylic acids is 1. The largest absolute Gasteiger partial charge is 0.478 e. The van der Waals surface area contributed by atoms with Gasteiger partial charge in [0.25, 0.3) is 0 Å². The number of halogens is 1. The van der Waals surface area contributed by atoms with Crippen LogP contribution >= 0.6 is 11.6 Å². The number of carbonyl (C=O) groups is 2. The first-order chi connectivity index (χ1) is 12.0. The van der Waals surface area contributed by atoms with Gasteiger partial charge in [-0.15, -0.1) is 0 Å². The van der Waals surface area contributed by atoms with E-state index in [1.54, 1.807) is 23.1 Å². The minimum absolute atomic E-state index is 0.0529. The second-order valence-corrected chi connectivity index (χ2v) is 6.31. The summed E-state index contributed by atoms with van der Waals surface area (Å²) in [5.74, 6) is -1.05. The van der Waals surface area contributed by atoms with Crippen molar-refractivity contribution >= 4 is 23.5 Å². The lowest BCUT2D eigenvalue weighted by Crippen LogP contribution is -2.43. The highest BCUT2D eigenvalue weighted by molar-refractivity contribution is 6.31. The van der Waals surface area contributed by atoms with Gasteiger partial charge in [0, 0.05) is 17.1 Å². The summed E-state index contributed by atoms with van der Waals surface area (Å²) in [4.78, 5) is 25.4. The second kappa shape index (κ2) is 7.68. The van der Waals surface area contributed by atoms with Crippen LogP contribution < -0.4 is 0 Å². The van der Waals surface area contributed by atoms with E-state index in [9.17, 15) is 9.59 Å². The first kappa shape index (κ1) is 17.5. The number of nitrogens with zero attached hydrogens (tertiary/aromatic N) is 1. The number of carboxylic acid groups (broad SMARTS) is 1. The van der Waals surface area contributed by atoms with Gasteiger partial charge in [0.15, 0.2) is 0 Å². The number of rotatable bonds is 4. The monoisotopic (exact) mass is 359 g/mol. The molecule has 0 bridgehead atoms. The fraction of sp³-hybridized carbons (Fsp3) is 0.263. The van der Waals surface area contributed by atoms with E-state index in [1.165, 1.54) is 12.1 Å². The third kappa shape index (κ3) is 4.18. The predicted molar refractivity (Wildman–Crippen MR) is 93.8 cm³/mol. The molecule has 1 atom stereocenters. The molecule has 1 unspecified atom stereocenters. The number of benzene rings is 2. The van der Waals surface area contributed by atoms with Crippen molar-refractivity contribution in [3.05, 3.63) is 70.2 Å². The summed E-state index contributed by atoms with van der Waals surface area (Å²) in [5.41, 5.74) is 1.74. The average Bonchev–Trinajstić information content (AvgIpc) is 2.62. The van der Waals surface area contributed by atoms with Crippen molar-refractivity contribution in [1.29, 1.82) is 0 Å². The van der Waals surface area contributed by atoms with E-state index in [-0.39, 0.29) is 24.0 Å². The summed E-state index contributed by atoms with van der Waals surface area (Å²) in [6.45, 7) is 1.39. The highest BCUT2D eigenvalue weighted by atomic mass is 35.5. The summed E-state index contributed by atoms with van der Waals surface area (Å²) < 4.78 is 5.77. The Balaban J connectivity index is 1.69. The highest BCUT2D eigenvalue weighted by Gasteiger charge is 2.26. The lowest BCUT2D eigenvalue weighted by Gasteiger charge is -2.33. The summed E-state index contributed by atoms with van der Waals surface area (Å²) in [7, 11) is 0. The molecule has 0 spiro atoms. The molecule has 0 radical (unpaired) electrons. The Morgan fingerprint density at radius 2 is 2.00 bits per heavy atom. The van der Waals surface area contributed by atoms with Gasteiger partial charge in [-0.2, -0.15) is 0 Å². The molecule has 1 heterocycles. The Bertz CT molecular complexity index is 792. The van der Waals surface area contributed by atoms with Gasteiger partial charge in [0.2, 0.25) is 5.91 Å². The second-order valence-electron chi connectivity index (χ2n) is 5.90. The highest BCUT2D eigenvalue weighted by Crippen LogP contribution is 2.28. The molecule has 2 aromatic rings. The summed E-state index contributed by atoms with van der Waals surface area (Å²) in [5, 5.41) is 9.68. The molecule has 6 heteroatoms. The van der Waals surface area contributed by atoms with Gasteiger partial charge < -0.3 is 14.7 Å². The van der Waals surface area contributed by atoms with Gasteiger partial charge >= 0.3 is 5.97 Å². The van der Waals surface area contributed by atoms with Gasteiger partial charge in [-0.05, 0) is 23.8 Å². The quantitative estimate of drug-likeness (QED) is 0.910. The number of hydrogen-bond acceptors (Lipinski definition) is 3. The van der Waals surface area contributed by atoms with E-state index >= 15 is 0 Å². The number of morpholine rings is 1. The molecular weight excluding hydrogens is 342 g/mol. The molecule has 2 aromatic carbocycles. The topological polar surface area (TPSA) is 66.8 Å². The minimum Gasteiger partial charge on any atom is -0.478 e. The van der Waals surface area contributed by atoms with E-state index in [2.05, 4.69) is 0 Å². The van der Waals surface area contributed by atoms with E-state index in [4.69, 9.17) is 21.4 Å². The molecule has 0 aliphatic carbocycles. The SMILES string of the molecule is O=C(O)c1cccc(CC(=O)N2CCOC(c3ccccc3Cl)C2)c1. The van der Waals surface area contributed by atoms with E-state index in [0.29, 0.717) is 30.3 Å². The third-order valence-electron chi connectivity index (χ3n) is 4.20. The number of carbonyl (C=O) groups excluding carboxylic acids is 1. The van der Waals surface area contributed by atoms with Crippen LogP contribution in [0.5, 0.6) is 0 Å². The Morgan fingerprint density at radius 1 is 1.20 bits per heavy atom. The first-order valence-corrected chi connectivity index (χ1v) is 8.38. The Hall–Kier alpha value is -2.37. The lowest BCUT2D eigenvalue weighted by atomic mass is 10.1. The van der Waals surface area contributed by atoms with Crippen LogP contribution in [0.3, 0.4) is 0 Å². The van der Waals surface area contributed by atoms with Crippen molar-refractivity contribution in [3.63, 3.8) is 0 Å². The van der Waals surface area contributed by atoms with Crippen LogP contribution in [0.25, 0.3) is 0 Å². The molecule has 1 amide bonds. The fourth-order valence-corrected chi connectivity index (χ4v) is 3.16. The molecule has 1 saturated heterocycles. The number of amides is 1. The van der Waals surface area contributed by atoms with Gasteiger partial charge in [-0.25, -0.2) is 4.79 Å². The molecule has 1 aliphatic heterocycles. The van der Waals surface area contributed by atoms with Crippen LogP contribution in [0, 0.1) is 0 Å². The smallest absolute Gasteiger partial charge is 0.335 e. The van der Waals surface area contributed by atoms with E-state index < -0.39 is 5.97 Å². The zero-order valence-electron chi connectivity index (χ0n) is 13.5. The normalized spacial score (nSPS) is 17.3. The summed E-state index contributed by atoms with van der Waals surface area (Å²) in [6, 6.07) is 13.9. The minimum atomic E-state index is -1.00. The molecule has 3 rings (SSSR count). The van der Waals surface area contributed by atoms with Crippen molar-refractivity contribution in [2.75, 3.05) is 19.7 Å². The number of ether oxygens (including phenoxy) is 1. The van der Waals surface area contributed by atoms with E-state index in [0.717, 1.165) is 5.56 Å². The van der Waals surface area contributed by atoms with Crippen molar-refractivity contribution in [3.8, 4) is 0 Å². The predicted octanol–water partition coefficient (Wildman–Crippen LogP) is 3.18. The molecule has 130 valence electrons. The summed E-state index contributed by atoms with van der Waals surface area (Å²) in [6.07, 6.45) is -0.0899. The van der Waals surface area contributed by atoms with Crippen molar-refractivity contribution in [2.24, 2.45) is 0 Å². The van der Waals surface area contributed by atoms with E-state index in [1.807, 2.05) is 18.2 Å². The van der Waals surface area contributed by atoms with Crippen LogP contribution in [0.4, 0.5) is 0 Å². The Labute approximate surface area is 150 Å².